The van der Waals surface area contributed by atoms with E-state index in [1.807, 2.05) is 30.6 Å². The van der Waals surface area contributed by atoms with Gasteiger partial charge < -0.3 is 19.5 Å². The van der Waals surface area contributed by atoms with E-state index in [1.165, 1.54) is 17.2 Å². The van der Waals surface area contributed by atoms with Gasteiger partial charge in [0.15, 0.2) is 0 Å². The van der Waals surface area contributed by atoms with E-state index in [0.717, 1.165) is 78.9 Å². The number of carbonyl (C=O) groups excluding carboxylic acids is 3. The first-order valence-electron chi connectivity index (χ1n) is 17.1. The second-order valence-corrected chi connectivity index (χ2v) is 12.8. The van der Waals surface area contributed by atoms with E-state index in [1.54, 1.807) is 35.2 Å². The maximum Gasteiger partial charge on any atom is 0.323 e. The smallest absolute Gasteiger partial charge is 0.323 e. The topological polar surface area (TPSA) is 133 Å². The molecule has 1 fully saturated rings. The number of unbranched alkanes of at least 4 members (excludes halogenated alkanes) is 5. The minimum Gasteiger partial charge on any atom is -0.480 e. The molecule has 0 saturated carbocycles. The van der Waals surface area contributed by atoms with Crippen LogP contribution in [0.3, 0.4) is 0 Å². The van der Waals surface area contributed by atoms with Crippen LogP contribution < -0.4 is 15.4 Å². The van der Waals surface area contributed by atoms with Crippen LogP contribution in [0.25, 0.3) is 10.8 Å². The SMILES string of the molecule is O=C(O)Cn1cc(N(CCCCCCCCN2C(=O)c3ccccc3C2=O)C(=O)C2CCCN(c3cncc4ccccc34)C2)ccc1=O. The Balaban J connectivity index is 1.07. The number of fused-ring (bicyclic) bond motifs is 2. The summed E-state index contributed by atoms with van der Waals surface area (Å²) in [5.41, 5.74) is 2.01. The number of carbonyl (C=O) groups is 4. The van der Waals surface area contributed by atoms with Gasteiger partial charge in [-0.1, -0.05) is 62.1 Å². The van der Waals surface area contributed by atoms with E-state index in [4.69, 9.17) is 0 Å². The number of aromatic nitrogens is 2. The summed E-state index contributed by atoms with van der Waals surface area (Å²) in [6.45, 7) is 1.70. The summed E-state index contributed by atoms with van der Waals surface area (Å²) in [7, 11) is 0. The monoisotopic (exact) mass is 663 g/mol. The Bertz CT molecular complexity index is 1880. The van der Waals surface area contributed by atoms with E-state index in [2.05, 4.69) is 16.0 Å². The summed E-state index contributed by atoms with van der Waals surface area (Å²) in [5.74, 6) is -1.91. The molecule has 4 heterocycles. The Morgan fingerprint density at radius 1 is 0.837 bits per heavy atom. The summed E-state index contributed by atoms with van der Waals surface area (Å²) in [4.78, 5) is 73.1. The number of amides is 3. The molecule has 2 aliphatic heterocycles. The first kappa shape index (κ1) is 33.6. The predicted molar refractivity (Wildman–Crippen MR) is 187 cm³/mol. The van der Waals surface area contributed by atoms with Gasteiger partial charge in [0, 0.05) is 55.4 Å². The van der Waals surface area contributed by atoms with Gasteiger partial charge in [-0.2, -0.15) is 0 Å². The lowest BCUT2D eigenvalue weighted by Gasteiger charge is -2.36. The summed E-state index contributed by atoms with van der Waals surface area (Å²) in [5, 5.41) is 11.5. The molecular weight excluding hydrogens is 622 g/mol. The third-order valence-electron chi connectivity index (χ3n) is 9.50. The lowest BCUT2D eigenvalue weighted by atomic mass is 9.95. The average molecular weight is 664 g/mol. The molecule has 4 aromatic rings. The van der Waals surface area contributed by atoms with Crippen LogP contribution in [-0.2, 0) is 16.1 Å². The maximum atomic E-state index is 14.2. The summed E-state index contributed by atoms with van der Waals surface area (Å²) in [6, 6.07) is 17.9. The van der Waals surface area contributed by atoms with Crippen molar-refractivity contribution in [3.8, 4) is 0 Å². The quantitative estimate of drug-likeness (QED) is 0.141. The van der Waals surface area contributed by atoms with E-state index in [0.29, 0.717) is 36.4 Å². The number of aliphatic carboxylic acids is 1. The molecular formula is C38H41N5O6. The van der Waals surface area contributed by atoms with E-state index in [9.17, 15) is 29.1 Å². The Morgan fingerprint density at radius 2 is 1.53 bits per heavy atom. The third kappa shape index (κ3) is 7.56. The number of piperidine rings is 1. The highest BCUT2D eigenvalue weighted by Crippen LogP contribution is 2.31. The van der Waals surface area contributed by atoms with E-state index < -0.39 is 18.1 Å². The number of imide groups is 1. The van der Waals surface area contributed by atoms with Crippen molar-refractivity contribution in [3.63, 3.8) is 0 Å². The number of rotatable bonds is 14. The fourth-order valence-corrected chi connectivity index (χ4v) is 6.97. The zero-order chi connectivity index (χ0) is 34.3. The molecule has 2 aromatic heterocycles. The normalized spacial score (nSPS) is 15.9. The highest BCUT2D eigenvalue weighted by Gasteiger charge is 2.34. The van der Waals surface area contributed by atoms with E-state index >= 15 is 0 Å². The lowest BCUT2D eigenvalue weighted by Crippen LogP contribution is -2.45. The van der Waals surface area contributed by atoms with Crippen molar-refractivity contribution in [2.75, 3.05) is 36.0 Å². The predicted octanol–water partition coefficient (Wildman–Crippen LogP) is 5.37. The molecule has 1 N–H and O–H groups in total. The van der Waals surface area contributed by atoms with Crippen molar-refractivity contribution in [3.05, 3.63) is 101 Å². The number of carboxylic acids is 1. The van der Waals surface area contributed by atoms with Crippen molar-refractivity contribution in [1.82, 2.24) is 14.5 Å². The van der Waals surface area contributed by atoms with Crippen LogP contribution in [0.5, 0.6) is 0 Å². The number of hydrogen-bond acceptors (Lipinski definition) is 7. The van der Waals surface area contributed by atoms with Crippen LogP contribution >= 0.6 is 0 Å². The zero-order valence-corrected chi connectivity index (χ0v) is 27.5. The van der Waals surface area contributed by atoms with Gasteiger partial charge >= 0.3 is 5.97 Å². The van der Waals surface area contributed by atoms with Gasteiger partial charge in [-0.05, 0) is 43.9 Å². The Morgan fingerprint density at radius 3 is 2.29 bits per heavy atom. The summed E-state index contributed by atoms with van der Waals surface area (Å²) >= 11 is 0. The Hall–Kier alpha value is -5.32. The van der Waals surface area contributed by atoms with Crippen molar-refractivity contribution >= 4 is 45.8 Å². The molecule has 0 bridgehead atoms. The van der Waals surface area contributed by atoms with Crippen molar-refractivity contribution in [1.29, 1.82) is 0 Å². The Kier molecular flexibility index (Phi) is 10.5. The second-order valence-electron chi connectivity index (χ2n) is 12.8. The van der Waals surface area contributed by atoms with Crippen LogP contribution in [-0.4, -0.2) is 69.4 Å². The molecule has 2 aliphatic rings. The van der Waals surface area contributed by atoms with Crippen LogP contribution in [0, 0.1) is 5.92 Å². The maximum absolute atomic E-state index is 14.2. The molecule has 3 amide bonds. The Labute approximate surface area is 284 Å². The summed E-state index contributed by atoms with van der Waals surface area (Å²) < 4.78 is 1.13. The summed E-state index contributed by atoms with van der Waals surface area (Å²) in [6.07, 6.45) is 11.8. The van der Waals surface area contributed by atoms with Gasteiger partial charge in [0.2, 0.25) is 5.91 Å². The van der Waals surface area contributed by atoms with Gasteiger partial charge in [0.25, 0.3) is 17.4 Å². The molecule has 11 heteroatoms. The number of hydrogen-bond donors (Lipinski definition) is 1. The minimum absolute atomic E-state index is 0.0423. The van der Waals surface area contributed by atoms with Gasteiger partial charge in [0.1, 0.15) is 6.54 Å². The second kappa shape index (κ2) is 15.3. The number of benzene rings is 2. The standard InChI is InChI=1S/C38H41N5O6/c44-34-18-17-29(25-41(34)26-35(45)46)42(20-9-3-1-2-4-10-21-43-37(48)31-15-7-8-16-32(31)38(43)49)36(47)28-13-11-19-40(24-28)33-23-39-22-27-12-5-6-14-30(27)33/h5-8,12,14-18,22-23,25,28H,1-4,9-11,13,19-21,24,26H2,(H,45,46). The number of pyridine rings is 2. The van der Waals surface area contributed by atoms with Crippen molar-refractivity contribution < 1.29 is 24.3 Å². The third-order valence-corrected chi connectivity index (χ3v) is 9.50. The van der Waals surface area contributed by atoms with Gasteiger partial charge in [-0.3, -0.25) is 33.9 Å². The highest BCUT2D eigenvalue weighted by atomic mass is 16.4. The molecule has 11 nitrogen and oxygen atoms in total. The molecule has 1 atom stereocenters. The number of nitrogens with zero attached hydrogens (tertiary/aromatic N) is 5. The molecule has 0 radical (unpaired) electrons. The molecule has 0 spiro atoms. The van der Waals surface area contributed by atoms with Gasteiger partial charge in [-0.15, -0.1) is 0 Å². The highest BCUT2D eigenvalue weighted by molar-refractivity contribution is 6.21. The minimum atomic E-state index is -1.13. The van der Waals surface area contributed by atoms with Crippen LogP contribution in [0.15, 0.2) is 84.0 Å². The van der Waals surface area contributed by atoms with Crippen molar-refractivity contribution in [2.45, 2.75) is 57.9 Å². The van der Waals surface area contributed by atoms with Gasteiger partial charge in [0.05, 0.1) is 34.6 Å². The molecule has 49 heavy (non-hydrogen) atoms. The molecule has 6 rings (SSSR count). The largest absolute Gasteiger partial charge is 0.480 e. The fraction of sp³-hybridized carbons (Fsp3) is 0.368. The van der Waals surface area contributed by atoms with Crippen LogP contribution in [0.2, 0.25) is 0 Å². The first-order chi connectivity index (χ1) is 23.8. The number of carboxylic acid groups (broad SMARTS) is 1. The first-order valence-corrected chi connectivity index (χ1v) is 17.1. The molecule has 2 aromatic carbocycles. The van der Waals surface area contributed by atoms with E-state index in [-0.39, 0.29) is 23.6 Å². The zero-order valence-electron chi connectivity index (χ0n) is 27.5. The fourth-order valence-electron chi connectivity index (χ4n) is 6.97. The molecule has 1 unspecified atom stereocenters. The van der Waals surface area contributed by atoms with Gasteiger partial charge in [-0.25, -0.2) is 0 Å². The van der Waals surface area contributed by atoms with Crippen LogP contribution in [0.4, 0.5) is 11.4 Å². The van der Waals surface area contributed by atoms with Crippen LogP contribution in [0.1, 0.15) is 72.1 Å². The lowest BCUT2D eigenvalue weighted by molar-refractivity contribution is -0.137. The molecule has 254 valence electrons. The van der Waals surface area contributed by atoms with Crippen molar-refractivity contribution in [2.24, 2.45) is 5.92 Å². The number of anilines is 2. The molecule has 0 aliphatic carbocycles. The molecule has 1 saturated heterocycles. The average Bonchev–Trinajstić information content (AvgIpc) is 3.36.